The van der Waals surface area contributed by atoms with Crippen LogP contribution >= 0.6 is 7.37 Å². The molecule has 2 atom stereocenters. The number of benzene rings is 3. The predicted molar refractivity (Wildman–Crippen MR) is 166 cm³/mol. The summed E-state index contributed by atoms with van der Waals surface area (Å²) in [5.74, 6) is -3.16. The van der Waals surface area contributed by atoms with E-state index >= 15 is 0 Å². The van der Waals surface area contributed by atoms with Gasteiger partial charge in [0, 0.05) is 34.5 Å². The van der Waals surface area contributed by atoms with Gasteiger partial charge in [-0.3, -0.25) is 23.9 Å². The number of aromatic nitrogens is 1. The lowest BCUT2D eigenvalue weighted by atomic mass is 9.83. The lowest BCUT2D eigenvalue weighted by Gasteiger charge is -2.31. The number of amides is 1. The Morgan fingerprint density at radius 3 is 2.18 bits per heavy atom. The van der Waals surface area contributed by atoms with E-state index in [2.05, 4.69) is 15.5 Å². The second-order valence-electron chi connectivity index (χ2n) is 10.8. The van der Waals surface area contributed by atoms with E-state index in [1.165, 1.54) is 0 Å². The molecule has 1 aromatic heterocycles. The summed E-state index contributed by atoms with van der Waals surface area (Å²) in [6.45, 7) is 2.86. The van der Waals surface area contributed by atoms with Crippen molar-refractivity contribution in [1.82, 2.24) is 10.3 Å². The number of carbonyl (C=O) groups excluding carboxylic acids is 2. The fraction of sp³-hybridized carbons (Fsp3) is 0.242. The highest BCUT2D eigenvalue weighted by Gasteiger charge is 2.51. The van der Waals surface area contributed by atoms with E-state index in [9.17, 15) is 24.1 Å². The Balaban J connectivity index is 1.36. The van der Waals surface area contributed by atoms with E-state index < -0.39 is 55.6 Å². The third-order valence-corrected chi connectivity index (χ3v) is 10.1. The minimum absolute atomic E-state index is 0.0548. The molecule has 2 N–H and O–H groups in total. The Morgan fingerprint density at radius 2 is 1.57 bits per heavy atom. The topological polar surface area (TPSA) is 144 Å². The molecule has 226 valence electrons. The molecule has 0 spiro atoms. The minimum atomic E-state index is -3.73. The molecular formula is C33H32N3O7P. The van der Waals surface area contributed by atoms with Crippen molar-refractivity contribution in [2.75, 3.05) is 6.61 Å². The highest BCUT2D eigenvalue weighted by atomic mass is 31.2. The summed E-state index contributed by atoms with van der Waals surface area (Å²) in [6.07, 6.45) is 1.00. The average molecular weight is 614 g/mol. The molecule has 1 aliphatic rings. The number of oxime groups is 1. The first kappa shape index (κ1) is 30.8. The first-order chi connectivity index (χ1) is 21.1. The molecule has 11 heteroatoms. The number of pyridine rings is 1. The molecule has 44 heavy (non-hydrogen) atoms. The normalized spacial score (nSPS) is 17.1. The largest absolute Gasteiger partial charge is 0.481 e. The molecule has 0 fully saturated rings. The van der Waals surface area contributed by atoms with Gasteiger partial charge >= 0.3 is 5.97 Å². The van der Waals surface area contributed by atoms with Crippen molar-refractivity contribution in [1.29, 1.82) is 0 Å². The SMILES string of the molecule is CC(C)[C@]1(C(=O)N[C@@H](CC(=O)O)C(=O)COP(=O)(c2ccccc2)c2ccccc2)CC(c2nccc3ccccc23)=NO1. The van der Waals surface area contributed by atoms with Crippen LogP contribution in [0.1, 0.15) is 32.4 Å². The van der Waals surface area contributed by atoms with E-state index in [4.69, 9.17) is 9.36 Å². The molecular weight excluding hydrogens is 581 g/mol. The second kappa shape index (κ2) is 12.9. The number of nitrogens with one attached hydrogen (secondary N) is 1. The van der Waals surface area contributed by atoms with Crippen LogP contribution in [0.25, 0.3) is 10.8 Å². The Morgan fingerprint density at radius 1 is 0.955 bits per heavy atom. The molecule has 4 aromatic rings. The highest BCUT2D eigenvalue weighted by Crippen LogP contribution is 2.44. The van der Waals surface area contributed by atoms with Crippen LogP contribution in [0.3, 0.4) is 0 Å². The van der Waals surface area contributed by atoms with Gasteiger partial charge in [0.05, 0.1) is 12.1 Å². The number of hydrogen-bond donors (Lipinski definition) is 2. The Hall–Kier alpha value is -4.66. The molecule has 0 aliphatic carbocycles. The highest BCUT2D eigenvalue weighted by molar-refractivity contribution is 7.74. The molecule has 0 saturated carbocycles. The zero-order chi connectivity index (χ0) is 31.3. The quantitative estimate of drug-likeness (QED) is 0.226. The summed E-state index contributed by atoms with van der Waals surface area (Å²) in [6, 6.07) is 25.0. The first-order valence-electron chi connectivity index (χ1n) is 14.1. The van der Waals surface area contributed by atoms with Gasteiger partial charge in [0.25, 0.3) is 13.3 Å². The van der Waals surface area contributed by atoms with Gasteiger partial charge in [0.1, 0.15) is 18.4 Å². The van der Waals surface area contributed by atoms with E-state index in [1.807, 2.05) is 30.3 Å². The molecule has 3 aromatic carbocycles. The van der Waals surface area contributed by atoms with Gasteiger partial charge in [-0.05, 0) is 35.7 Å². The van der Waals surface area contributed by atoms with Gasteiger partial charge in [0.15, 0.2) is 5.78 Å². The van der Waals surface area contributed by atoms with E-state index in [0.29, 0.717) is 22.0 Å². The lowest BCUT2D eigenvalue weighted by Crippen LogP contribution is -2.56. The Bertz CT molecular complexity index is 1710. The Kier molecular flexibility index (Phi) is 9.04. The number of rotatable bonds is 12. The molecule has 0 radical (unpaired) electrons. The molecule has 0 unspecified atom stereocenters. The molecule has 1 amide bonds. The summed E-state index contributed by atoms with van der Waals surface area (Å²) in [5.41, 5.74) is -0.487. The smallest absolute Gasteiger partial charge is 0.305 e. The molecule has 2 heterocycles. The second-order valence-corrected chi connectivity index (χ2v) is 13.2. The maximum Gasteiger partial charge on any atom is 0.305 e. The molecule has 10 nitrogen and oxygen atoms in total. The van der Waals surface area contributed by atoms with Crippen LogP contribution in [0.2, 0.25) is 0 Å². The maximum absolute atomic E-state index is 14.2. The summed E-state index contributed by atoms with van der Waals surface area (Å²) in [5, 5.41) is 19.0. The van der Waals surface area contributed by atoms with Crippen LogP contribution in [0.4, 0.5) is 0 Å². The van der Waals surface area contributed by atoms with Crippen LogP contribution < -0.4 is 15.9 Å². The van der Waals surface area contributed by atoms with Gasteiger partial charge < -0.3 is 19.8 Å². The monoisotopic (exact) mass is 613 g/mol. The van der Waals surface area contributed by atoms with Crippen molar-refractivity contribution < 1.29 is 33.4 Å². The standard InChI is InChI=1S/C33H32N3O7P/c1-22(2)33(20-28(36-43-33)31-26-16-10-9-11-23(26)17-18-34-31)32(40)35-27(19-30(38)39)29(37)21-42-44(41,24-12-5-3-6-13-24)25-14-7-4-8-15-25/h3-18,22,27H,19-21H2,1-2H3,(H,35,40)(H,38,39)/t27-,33-/m0/s1. The summed E-state index contributed by atoms with van der Waals surface area (Å²) < 4.78 is 20.0. The fourth-order valence-electron chi connectivity index (χ4n) is 5.12. The number of carboxylic acids is 1. The summed E-state index contributed by atoms with van der Waals surface area (Å²) >= 11 is 0. The molecule has 5 rings (SSSR count). The number of carboxylic acid groups (broad SMARTS) is 1. The van der Waals surface area contributed by atoms with E-state index in [0.717, 1.165) is 10.8 Å². The number of carbonyl (C=O) groups is 3. The number of ketones is 1. The maximum atomic E-state index is 14.2. The molecule has 1 aliphatic heterocycles. The number of nitrogens with zero attached hydrogens (tertiary/aromatic N) is 2. The fourth-order valence-corrected chi connectivity index (χ4v) is 7.16. The van der Waals surface area contributed by atoms with Crippen LogP contribution in [0.5, 0.6) is 0 Å². The lowest BCUT2D eigenvalue weighted by molar-refractivity contribution is -0.152. The van der Waals surface area contributed by atoms with Crippen LogP contribution in [-0.2, 0) is 28.3 Å². The molecule has 0 saturated heterocycles. The van der Waals surface area contributed by atoms with Crippen molar-refractivity contribution in [2.45, 2.75) is 38.3 Å². The van der Waals surface area contributed by atoms with Crippen LogP contribution in [0.15, 0.2) is 102 Å². The average Bonchev–Trinajstić information content (AvgIpc) is 3.50. The van der Waals surface area contributed by atoms with Crippen molar-refractivity contribution in [2.24, 2.45) is 11.1 Å². The third kappa shape index (κ3) is 6.18. The summed E-state index contributed by atoms with van der Waals surface area (Å²) in [4.78, 5) is 49.3. The number of Topliss-reactive ketones (excluding diaryl/α,β-unsaturated/α-hetero) is 1. The van der Waals surface area contributed by atoms with E-state index in [-0.39, 0.29) is 6.42 Å². The van der Waals surface area contributed by atoms with E-state index in [1.54, 1.807) is 80.7 Å². The van der Waals surface area contributed by atoms with Crippen LogP contribution in [0, 0.1) is 5.92 Å². The summed E-state index contributed by atoms with van der Waals surface area (Å²) in [7, 11) is -3.73. The van der Waals surface area contributed by atoms with Crippen molar-refractivity contribution >= 4 is 52.1 Å². The van der Waals surface area contributed by atoms with Crippen molar-refractivity contribution in [3.8, 4) is 0 Å². The number of hydrogen-bond acceptors (Lipinski definition) is 8. The third-order valence-electron chi connectivity index (χ3n) is 7.67. The van der Waals surface area contributed by atoms with Crippen molar-refractivity contribution in [3.05, 3.63) is 103 Å². The minimum Gasteiger partial charge on any atom is -0.481 e. The van der Waals surface area contributed by atoms with Crippen molar-refractivity contribution in [3.63, 3.8) is 0 Å². The number of fused-ring (bicyclic) bond motifs is 1. The number of aliphatic carboxylic acids is 1. The van der Waals surface area contributed by atoms with Crippen LogP contribution in [-0.4, -0.2) is 51.7 Å². The van der Waals surface area contributed by atoms with Gasteiger partial charge in [-0.25, -0.2) is 0 Å². The van der Waals surface area contributed by atoms with Gasteiger partial charge in [0.2, 0.25) is 5.60 Å². The van der Waals surface area contributed by atoms with Gasteiger partial charge in [-0.2, -0.15) is 0 Å². The van der Waals surface area contributed by atoms with Gasteiger partial charge in [-0.15, -0.1) is 0 Å². The predicted octanol–water partition coefficient (Wildman–Crippen LogP) is 4.23. The Labute approximate surface area is 254 Å². The molecule has 0 bridgehead atoms. The zero-order valence-electron chi connectivity index (χ0n) is 24.3. The van der Waals surface area contributed by atoms with Gasteiger partial charge in [-0.1, -0.05) is 79.7 Å². The zero-order valence-corrected chi connectivity index (χ0v) is 25.1. The first-order valence-corrected chi connectivity index (χ1v) is 15.8.